The van der Waals surface area contributed by atoms with Crippen molar-refractivity contribution in [1.29, 1.82) is 0 Å². The van der Waals surface area contributed by atoms with Crippen LogP contribution in [0.25, 0.3) is 10.8 Å². The molecule has 1 aliphatic heterocycles. The standard InChI is InChI=1S/C25H27FN2O2/c26-21-11-8-19(9-12-21)18-30-24-13-10-20-5-1-2-6-22(20)23(24)17-27-14-4-16-28-15-3-7-25(28)29/h1-2,5-6,8-13,27H,3-4,7,14-18H2. The summed E-state index contributed by atoms with van der Waals surface area (Å²) in [4.78, 5) is 13.7. The van der Waals surface area contributed by atoms with Crippen LogP contribution in [0.5, 0.6) is 5.75 Å². The number of fused-ring (bicyclic) bond motifs is 1. The van der Waals surface area contributed by atoms with Gasteiger partial charge in [-0.05, 0) is 53.9 Å². The van der Waals surface area contributed by atoms with E-state index in [1.807, 2.05) is 23.1 Å². The van der Waals surface area contributed by atoms with E-state index in [0.717, 1.165) is 54.7 Å². The molecule has 0 bridgehead atoms. The van der Waals surface area contributed by atoms with Gasteiger partial charge in [-0.25, -0.2) is 4.39 Å². The summed E-state index contributed by atoms with van der Waals surface area (Å²) >= 11 is 0. The highest BCUT2D eigenvalue weighted by atomic mass is 19.1. The van der Waals surface area contributed by atoms with Crippen LogP contribution in [0.1, 0.15) is 30.4 Å². The van der Waals surface area contributed by atoms with Crippen LogP contribution in [0, 0.1) is 5.82 Å². The lowest BCUT2D eigenvalue weighted by molar-refractivity contribution is -0.127. The molecule has 0 spiro atoms. The number of benzene rings is 3. The first kappa shape index (κ1) is 20.4. The number of carbonyl (C=O) groups is 1. The molecular formula is C25H27FN2O2. The SMILES string of the molecule is O=C1CCCN1CCCNCc1c(OCc2ccc(F)cc2)ccc2ccccc12. The first-order valence-electron chi connectivity index (χ1n) is 10.6. The average molecular weight is 407 g/mol. The summed E-state index contributed by atoms with van der Waals surface area (Å²) in [6.07, 6.45) is 2.61. The van der Waals surface area contributed by atoms with Crippen molar-refractivity contribution in [3.05, 3.63) is 77.6 Å². The van der Waals surface area contributed by atoms with E-state index in [1.165, 1.54) is 17.5 Å². The lowest BCUT2D eigenvalue weighted by Crippen LogP contribution is -2.28. The molecule has 3 aromatic carbocycles. The summed E-state index contributed by atoms with van der Waals surface area (Å²) in [6.45, 7) is 3.62. The second kappa shape index (κ2) is 9.72. The Morgan fingerprint density at radius 3 is 2.67 bits per heavy atom. The van der Waals surface area contributed by atoms with Gasteiger partial charge in [0.2, 0.25) is 5.91 Å². The predicted octanol–water partition coefficient (Wildman–Crippen LogP) is 4.66. The van der Waals surface area contributed by atoms with Crippen molar-refractivity contribution < 1.29 is 13.9 Å². The third-order valence-electron chi connectivity index (χ3n) is 5.56. The number of nitrogens with one attached hydrogen (secondary N) is 1. The summed E-state index contributed by atoms with van der Waals surface area (Å²) < 4.78 is 19.2. The van der Waals surface area contributed by atoms with E-state index in [-0.39, 0.29) is 11.7 Å². The molecule has 4 nitrogen and oxygen atoms in total. The Labute approximate surface area is 176 Å². The molecule has 1 N–H and O–H groups in total. The van der Waals surface area contributed by atoms with Crippen LogP contribution in [0.4, 0.5) is 4.39 Å². The van der Waals surface area contributed by atoms with Gasteiger partial charge < -0.3 is 15.0 Å². The molecule has 156 valence electrons. The molecule has 1 aliphatic rings. The number of rotatable bonds is 9. The third-order valence-corrected chi connectivity index (χ3v) is 5.56. The minimum absolute atomic E-state index is 0.245. The quantitative estimate of drug-likeness (QED) is 0.526. The van der Waals surface area contributed by atoms with Gasteiger partial charge >= 0.3 is 0 Å². The highest BCUT2D eigenvalue weighted by Gasteiger charge is 2.19. The second-order valence-corrected chi connectivity index (χ2v) is 7.69. The van der Waals surface area contributed by atoms with Crippen molar-refractivity contribution in [2.45, 2.75) is 32.4 Å². The monoisotopic (exact) mass is 406 g/mol. The summed E-state index contributed by atoms with van der Waals surface area (Å²) in [6, 6.07) is 18.7. The summed E-state index contributed by atoms with van der Waals surface area (Å²) in [7, 11) is 0. The topological polar surface area (TPSA) is 41.6 Å². The van der Waals surface area contributed by atoms with Crippen LogP contribution in [0.2, 0.25) is 0 Å². The minimum atomic E-state index is -0.245. The fourth-order valence-electron chi connectivity index (χ4n) is 3.92. The number of hydrogen-bond acceptors (Lipinski definition) is 3. The Morgan fingerprint density at radius 2 is 1.87 bits per heavy atom. The van der Waals surface area contributed by atoms with Crippen molar-refractivity contribution in [2.24, 2.45) is 0 Å². The summed E-state index contributed by atoms with van der Waals surface area (Å²) in [5, 5.41) is 5.85. The molecule has 1 heterocycles. The molecular weight excluding hydrogens is 379 g/mol. The average Bonchev–Trinajstić information content (AvgIpc) is 3.18. The number of ether oxygens (including phenoxy) is 1. The number of hydrogen-bond donors (Lipinski definition) is 1. The van der Waals surface area contributed by atoms with Gasteiger partial charge in [-0.1, -0.05) is 42.5 Å². The highest BCUT2D eigenvalue weighted by Crippen LogP contribution is 2.29. The molecule has 3 aromatic rings. The number of halogens is 1. The van der Waals surface area contributed by atoms with Crippen molar-refractivity contribution in [1.82, 2.24) is 10.2 Å². The smallest absolute Gasteiger partial charge is 0.222 e. The molecule has 0 saturated carbocycles. The predicted molar refractivity (Wildman–Crippen MR) is 117 cm³/mol. The van der Waals surface area contributed by atoms with E-state index >= 15 is 0 Å². The number of likely N-dealkylation sites (tertiary alicyclic amines) is 1. The van der Waals surface area contributed by atoms with E-state index in [2.05, 4.69) is 23.5 Å². The lowest BCUT2D eigenvalue weighted by atomic mass is 10.0. The molecule has 0 aliphatic carbocycles. The van der Waals surface area contributed by atoms with Crippen LogP contribution in [-0.4, -0.2) is 30.4 Å². The van der Waals surface area contributed by atoms with Crippen LogP contribution < -0.4 is 10.1 Å². The van der Waals surface area contributed by atoms with Crippen molar-refractivity contribution >= 4 is 16.7 Å². The van der Waals surface area contributed by atoms with Crippen molar-refractivity contribution in [2.75, 3.05) is 19.6 Å². The maximum Gasteiger partial charge on any atom is 0.222 e. The molecule has 30 heavy (non-hydrogen) atoms. The molecule has 0 unspecified atom stereocenters. The molecule has 1 amide bonds. The number of carbonyl (C=O) groups excluding carboxylic acids is 1. The Bertz CT molecular complexity index is 1000. The van der Waals surface area contributed by atoms with Crippen molar-refractivity contribution in [3.8, 4) is 5.75 Å². The van der Waals surface area contributed by atoms with Crippen LogP contribution in [-0.2, 0) is 17.9 Å². The molecule has 4 rings (SSSR count). The van der Waals surface area contributed by atoms with E-state index in [0.29, 0.717) is 19.6 Å². The van der Waals surface area contributed by atoms with Crippen LogP contribution >= 0.6 is 0 Å². The van der Waals surface area contributed by atoms with Gasteiger partial charge in [-0.2, -0.15) is 0 Å². The van der Waals surface area contributed by atoms with Crippen molar-refractivity contribution in [3.63, 3.8) is 0 Å². The maximum absolute atomic E-state index is 13.1. The fraction of sp³-hybridized carbons (Fsp3) is 0.320. The van der Waals surface area contributed by atoms with Gasteiger partial charge in [0.1, 0.15) is 18.2 Å². The number of nitrogens with zero attached hydrogens (tertiary/aromatic N) is 1. The molecule has 5 heteroatoms. The molecule has 0 atom stereocenters. The van der Waals surface area contributed by atoms with Gasteiger partial charge in [0, 0.05) is 31.6 Å². The van der Waals surface area contributed by atoms with Gasteiger partial charge in [0.25, 0.3) is 0 Å². The van der Waals surface area contributed by atoms with E-state index < -0.39 is 0 Å². The largest absolute Gasteiger partial charge is 0.489 e. The first-order chi connectivity index (χ1) is 14.7. The lowest BCUT2D eigenvalue weighted by Gasteiger charge is -2.17. The van der Waals surface area contributed by atoms with Gasteiger partial charge in [0.05, 0.1) is 0 Å². The highest BCUT2D eigenvalue weighted by molar-refractivity contribution is 5.87. The van der Waals surface area contributed by atoms with Gasteiger partial charge in [-0.15, -0.1) is 0 Å². The summed E-state index contributed by atoms with van der Waals surface area (Å²) in [5.41, 5.74) is 2.05. The van der Waals surface area contributed by atoms with Crippen LogP contribution in [0.15, 0.2) is 60.7 Å². The zero-order chi connectivity index (χ0) is 20.8. The summed E-state index contributed by atoms with van der Waals surface area (Å²) in [5.74, 6) is 0.866. The molecule has 1 fully saturated rings. The van der Waals surface area contributed by atoms with Gasteiger partial charge in [-0.3, -0.25) is 4.79 Å². The van der Waals surface area contributed by atoms with E-state index in [9.17, 15) is 9.18 Å². The van der Waals surface area contributed by atoms with Crippen LogP contribution in [0.3, 0.4) is 0 Å². The molecule has 0 aromatic heterocycles. The van der Waals surface area contributed by atoms with E-state index in [4.69, 9.17) is 4.74 Å². The normalized spacial score (nSPS) is 13.9. The minimum Gasteiger partial charge on any atom is -0.489 e. The zero-order valence-corrected chi connectivity index (χ0v) is 17.1. The second-order valence-electron chi connectivity index (χ2n) is 7.69. The molecule has 1 saturated heterocycles. The Balaban J connectivity index is 1.40. The number of amides is 1. The Kier molecular flexibility index (Phi) is 6.60. The van der Waals surface area contributed by atoms with Gasteiger partial charge in [0.15, 0.2) is 0 Å². The Hall–Kier alpha value is -2.92. The first-order valence-corrected chi connectivity index (χ1v) is 10.6. The Morgan fingerprint density at radius 1 is 1.03 bits per heavy atom. The fourth-order valence-corrected chi connectivity index (χ4v) is 3.92. The molecule has 0 radical (unpaired) electrons. The maximum atomic E-state index is 13.1. The third kappa shape index (κ3) is 4.97. The zero-order valence-electron chi connectivity index (χ0n) is 17.1. The van der Waals surface area contributed by atoms with E-state index in [1.54, 1.807) is 12.1 Å².